The number of ether oxygens (including phenoxy) is 2. The lowest BCUT2D eigenvalue weighted by Crippen LogP contribution is -2.52. The summed E-state index contributed by atoms with van der Waals surface area (Å²) in [5.74, 6) is 1.06. The fourth-order valence-corrected chi connectivity index (χ4v) is 3.40. The van der Waals surface area contributed by atoms with Crippen molar-refractivity contribution in [1.82, 2.24) is 15.5 Å². The highest BCUT2D eigenvalue weighted by molar-refractivity contribution is 14.0. The molecule has 2 rings (SSSR count). The van der Waals surface area contributed by atoms with E-state index in [0.29, 0.717) is 24.1 Å². The predicted molar refractivity (Wildman–Crippen MR) is 126 cm³/mol. The molecule has 0 aliphatic carbocycles. The molecule has 1 aliphatic heterocycles. The summed E-state index contributed by atoms with van der Waals surface area (Å²) < 4.78 is 24.3. The zero-order valence-corrected chi connectivity index (χ0v) is 20.4. The number of halogens is 2. The molecule has 2 N–H and O–H groups in total. The molecular weight excluding hydrogens is 486 g/mol. The normalized spacial score (nSPS) is 16.4. The molecule has 8 heteroatoms. The summed E-state index contributed by atoms with van der Waals surface area (Å²) in [5.41, 5.74) is 1.51. The summed E-state index contributed by atoms with van der Waals surface area (Å²) in [6.07, 6.45) is 0. The highest BCUT2D eigenvalue weighted by atomic mass is 127. The van der Waals surface area contributed by atoms with Crippen molar-refractivity contribution in [3.63, 3.8) is 0 Å². The van der Waals surface area contributed by atoms with Gasteiger partial charge in [0.1, 0.15) is 5.82 Å². The molecule has 1 unspecified atom stereocenters. The molecule has 29 heavy (non-hydrogen) atoms. The maximum atomic E-state index is 13.8. The van der Waals surface area contributed by atoms with Crippen molar-refractivity contribution in [2.45, 2.75) is 40.0 Å². The van der Waals surface area contributed by atoms with Gasteiger partial charge >= 0.3 is 0 Å². The molecule has 6 nitrogen and oxygen atoms in total. The van der Waals surface area contributed by atoms with Crippen molar-refractivity contribution in [2.75, 3.05) is 46.5 Å². The smallest absolute Gasteiger partial charge is 0.191 e. The van der Waals surface area contributed by atoms with Crippen LogP contribution in [0.4, 0.5) is 4.39 Å². The minimum absolute atomic E-state index is 0. The van der Waals surface area contributed by atoms with E-state index in [1.54, 1.807) is 13.2 Å². The highest BCUT2D eigenvalue weighted by Crippen LogP contribution is 2.14. The largest absolute Gasteiger partial charge is 0.380 e. The average Bonchev–Trinajstić information content (AvgIpc) is 2.69. The van der Waals surface area contributed by atoms with Gasteiger partial charge in [0.2, 0.25) is 0 Å². The Morgan fingerprint density at radius 3 is 2.62 bits per heavy atom. The van der Waals surface area contributed by atoms with Gasteiger partial charge in [-0.3, -0.25) is 4.90 Å². The van der Waals surface area contributed by atoms with Crippen LogP contribution in [0.1, 0.15) is 31.9 Å². The maximum absolute atomic E-state index is 13.8. The lowest BCUT2D eigenvalue weighted by molar-refractivity contribution is 0.00752. The summed E-state index contributed by atoms with van der Waals surface area (Å²) in [6, 6.07) is 5.49. The second-order valence-electron chi connectivity index (χ2n) is 7.39. The zero-order valence-electron chi connectivity index (χ0n) is 18.0. The molecular formula is C21H36FIN4O2. The number of aliphatic imine (C=N–C) groups is 1. The van der Waals surface area contributed by atoms with Gasteiger partial charge in [-0.05, 0) is 30.5 Å². The van der Waals surface area contributed by atoms with Gasteiger partial charge in [-0.25, -0.2) is 9.38 Å². The Hall–Kier alpha value is -0.970. The van der Waals surface area contributed by atoms with Gasteiger partial charge in [-0.1, -0.05) is 19.9 Å². The SMILES string of the molecule is CCNC(=NCc1ccc(F)c(COC)c1)NCC(C(C)C)N1CCOCC1.I. The van der Waals surface area contributed by atoms with Gasteiger partial charge in [0.05, 0.1) is 26.4 Å². The van der Waals surface area contributed by atoms with E-state index in [2.05, 4.69) is 34.4 Å². The Kier molecular flexibility index (Phi) is 12.7. The van der Waals surface area contributed by atoms with E-state index in [0.717, 1.165) is 50.9 Å². The van der Waals surface area contributed by atoms with Crippen LogP contribution < -0.4 is 10.6 Å². The van der Waals surface area contributed by atoms with Crippen LogP contribution in [0.15, 0.2) is 23.2 Å². The molecule has 0 bridgehead atoms. The third-order valence-corrected chi connectivity index (χ3v) is 4.94. The number of methoxy groups -OCH3 is 1. The number of nitrogens with zero attached hydrogens (tertiary/aromatic N) is 2. The fraction of sp³-hybridized carbons (Fsp3) is 0.667. The first-order valence-corrected chi connectivity index (χ1v) is 10.1. The number of hydrogen-bond donors (Lipinski definition) is 2. The van der Waals surface area contributed by atoms with Crippen LogP contribution >= 0.6 is 24.0 Å². The second kappa shape index (κ2) is 14.1. The Labute approximate surface area is 191 Å². The number of guanidine groups is 1. The summed E-state index contributed by atoms with van der Waals surface area (Å²) in [6.45, 7) is 12.4. The number of hydrogen-bond acceptors (Lipinski definition) is 4. The molecule has 0 amide bonds. The van der Waals surface area contributed by atoms with Crippen molar-refractivity contribution < 1.29 is 13.9 Å². The first-order valence-electron chi connectivity index (χ1n) is 10.1. The quantitative estimate of drug-likeness (QED) is 0.297. The van der Waals surface area contributed by atoms with Gasteiger partial charge in [-0.2, -0.15) is 0 Å². The van der Waals surface area contributed by atoms with Gasteiger partial charge in [0.15, 0.2) is 5.96 Å². The number of benzene rings is 1. The van der Waals surface area contributed by atoms with E-state index in [-0.39, 0.29) is 36.4 Å². The first-order chi connectivity index (χ1) is 13.5. The van der Waals surface area contributed by atoms with Crippen molar-refractivity contribution in [3.05, 3.63) is 35.1 Å². The van der Waals surface area contributed by atoms with Gasteiger partial charge in [0, 0.05) is 44.9 Å². The number of nitrogens with one attached hydrogen (secondary N) is 2. The lowest BCUT2D eigenvalue weighted by Gasteiger charge is -2.37. The molecule has 1 heterocycles. The molecule has 1 aliphatic rings. The van der Waals surface area contributed by atoms with Crippen molar-refractivity contribution in [3.8, 4) is 0 Å². The lowest BCUT2D eigenvalue weighted by atomic mass is 10.0. The number of rotatable bonds is 9. The van der Waals surface area contributed by atoms with Crippen LogP contribution in [0.3, 0.4) is 0 Å². The third kappa shape index (κ3) is 8.74. The summed E-state index contributed by atoms with van der Waals surface area (Å²) >= 11 is 0. The van der Waals surface area contributed by atoms with E-state index in [4.69, 9.17) is 9.47 Å². The van der Waals surface area contributed by atoms with E-state index in [1.807, 2.05) is 13.0 Å². The highest BCUT2D eigenvalue weighted by Gasteiger charge is 2.23. The number of morpholine rings is 1. The van der Waals surface area contributed by atoms with Crippen molar-refractivity contribution >= 4 is 29.9 Å². The molecule has 0 radical (unpaired) electrons. The van der Waals surface area contributed by atoms with Crippen LogP contribution in [0.2, 0.25) is 0 Å². The van der Waals surface area contributed by atoms with E-state index in [1.165, 1.54) is 6.07 Å². The monoisotopic (exact) mass is 522 g/mol. The molecule has 166 valence electrons. The van der Waals surface area contributed by atoms with Crippen LogP contribution in [0.5, 0.6) is 0 Å². The van der Waals surface area contributed by atoms with Gasteiger partial charge < -0.3 is 20.1 Å². The van der Waals surface area contributed by atoms with Crippen molar-refractivity contribution in [2.24, 2.45) is 10.9 Å². The molecule has 0 saturated carbocycles. The van der Waals surface area contributed by atoms with Crippen LogP contribution in [-0.2, 0) is 22.6 Å². The molecule has 1 aromatic rings. The minimum Gasteiger partial charge on any atom is -0.380 e. The van der Waals surface area contributed by atoms with Crippen LogP contribution in [0.25, 0.3) is 0 Å². The molecule has 1 atom stereocenters. The Morgan fingerprint density at radius 2 is 2.00 bits per heavy atom. The van der Waals surface area contributed by atoms with E-state index >= 15 is 0 Å². The molecule has 0 spiro atoms. The Morgan fingerprint density at radius 1 is 1.28 bits per heavy atom. The van der Waals surface area contributed by atoms with E-state index in [9.17, 15) is 4.39 Å². The average molecular weight is 522 g/mol. The first kappa shape index (κ1) is 26.1. The Balaban J connectivity index is 0.00000420. The van der Waals surface area contributed by atoms with Crippen LogP contribution in [0, 0.1) is 11.7 Å². The van der Waals surface area contributed by atoms with Gasteiger partial charge in [0.25, 0.3) is 0 Å². The topological polar surface area (TPSA) is 58.1 Å². The molecule has 1 saturated heterocycles. The molecule has 1 fully saturated rings. The summed E-state index contributed by atoms with van der Waals surface area (Å²) in [7, 11) is 1.57. The molecule has 1 aromatic carbocycles. The second-order valence-corrected chi connectivity index (χ2v) is 7.39. The fourth-order valence-electron chi connectivity index (χ4n) is 3.40. The summed E-state index contributed by atoms with van der Waals surface area (Å²) in [5, 5.41) is 6.78. The summed E-state index contributed by atoms with van der Waals surface area (Å²) in [4.78, 5) is 7.17. The zero-order chi connectivity index (χ0) is 20.4. The maximum Gasteiger partial charge on any atom is 0.191 e. The third-order valence-electron chi connectivity index (χ3n) is 4.94. The minimum atomic E-state index is -0.245. The van der Waals surface area contributed by atoms with E-state index < -0.39 is 0 Å². The van der Waals surface area contributed by atoms with Gasteiger partial charge in [-0.15, -0.1) is 24.0 Å². The van der Waals surface area contributed by atoms with Crippen LogP contribution in [-0.4, -0.2) is 63.4 Å². The predicted octanol–water partition coefficient (Wildman–Crippen LogP) is 3.00. The standard InChI is InChI=1S/C21H35FN4O2.HI/c1-5-23-21(24-13-17-6-7-19(22)18(12-17)15-27-4)25-14-20(16(2)3)26-8-10-28-11-9-26;/h6-7,12,16,20H,5,8-11,13-15H2,1-4H3,(H2,23,24,25);1H. The van der Waals surface area contributed by atoms with Crippen molar-refractivity contribution in [1.29, 1.82) is 0 Å². The Bertz CT molecular complexity index is 625. The molecule has 0 aromatic heterocycles.